The predicted molar refractivity (Wildman–Crippen MR) is 64.3 cm³/mol. The Bertz CT molecular complexity index is 224. The smallest absolute Gasteiger partial charge is 0.333 e. The zero-order valence-electron chi connectivity index (χ0n) is 10.7. The quantitative estimate of drug-likeness (QED) is 0.389. The first-order valence-corrected chi connectivity index (χ1v) is 5.71. The first-order chi connectivity index (χ1) is 7.61. The number of carbonyl (C=O) groups excluding carboxylic acids is 1. The van der Waals surface area contributed by atoms with Gasteiger partial charge in [0, 0.05) is 18.7 Å². The van der Waals surface area contributed by atoms with E-state index in [4.69, 9.17) is 4.74 Å². The molecule has 0 amide bonds. The molecule has 0 rings (SSSR count). The summed E-state index contributed by atoms with van der Waals surface area (Å²) in [5.74, 6) is -0.247. The van der Waals surface area contributed by atoms with Gasteiger partial charge in [0.1, 0.15) is 0 Å². The summed E-state index contributed by atoms with van der Waals surface area (Å²) in [5.41, 5.74) is 0.708. The minimum absolute atomic E-state index is 0.247. The average Bonchev–Trinajstić information content (AvgIpc) is 2.27. The molecule has 0 bridgehead atoms. The third-order valence-electron chi connectivity index (χ3n) is 2.05. The fraction of sp³-hybridized carbons (Fsp3) is 0.750. The van der Waals surface area contributed by atoms with Gasteiger partial charge in [-0.25, -0.2) is 4.79 Å². The Balaban J connectivity index is 3.68. The van der Waals surface area contributed by atoms with Crippen LogP contribution in [0, 0.1) is 0 Å². The van der Waals surface area contributed by atoms with E-state index in [1.807, 2.05) is 26.8 Å². The number of rotatable bonds is 8. The average molecular weight is 229 g/mol. The van der Waals surface area contributed by atoms with Crippen LogP contribution in [0.1, 0.15) is 27.2 Å². The van der Waals surface area contributed by atoms with Gasteiger partial charge in [-0.3, -0.25) is 0 Å². The van der Waals surface area contributed by atoms with E-state index in [1.54, 1.807) is 0 Å². The van der Waals surface area contributed by atoms with E-state index in [2.05, 4.69) is 10.1 Å². The summed E-state index contributed by atoms with van der Waals surface area (Å²) in [6.45, 7) is 8.08. The van der Waals surface area contributed by atoms with Crippen LogP contribution in [-0.2, 0) is 14.3 Å². The lowest BCUT2D eigenvalue weighted by Crippen LogP contribution is -2.22. The summed E-state index contributed by atoms with van der Waals surface area (Å²) < 4.78 is 10.0. The number of carbonyl (C=O) groups is 1. The van der Waals surface area contributed by atoms with Crippen molar-refractivity contribution in [3.8, 4) is 0 Å². The maximum Gasteiger partial charge on any atom is 0.333 e. The van der Waals surface area contributed by atoms with Crippen molar-refractivity contribution >= 4 is 5.97 Å². The number of hydrogen-bond donors (Lipinski definition) is 1. The molecule has 0 saturated heterocycles. The fourth-order valence-electron chi connectivity index (χ4n) is 1.17. The summed E-state index contributed by atoms with van der Waals surface area (Å²) in [4.78, 5) is 11.2. The Kier molecular flexibility index (Phi) is 8.85. The van der Waals surface area contributed by atoms with Crippen LogP contribution in [0.25, 0.3) is 0 Å². The maximum atomic E-state index is 11.2. The first kappa shape index (κ1) is 15.1. The second-order valence-electron chi connectivity index (χ2n) is 3.70. The number of hydrogen-bond acceptors (Lipinski definition) is 4. The molecule has 1 N–H and O–H groups in total. The standard InChI is InChI=1S/C12H23NO3/c1-5-11(12(14)15-4)6-7-13-8-9-16-10(2)3/h6,10,13H,5,7-9H2,1-4H3. The number of ether oxygens (including phenoxy) is 2. The van der Waals surface area contributed by atoms with Crippen LogP contribution >= 0.6 is 0 Å². The lowest BCUT2D eigenvalue weighted by molar-refractivity contribution is -0.136. The summed E-state index contributed by atoms with van der Waals surface area (Å²) >= 11 is 0. The molecule has 0 spiro atoms. The highest BCUT2D eigenvalue weighted by Gasteiger charge is 2.05. The van der Waals surface area contributed by atoms with Crippen molar-refractivity contribution in [3.63, 3.8) is 0 Å². The third kappa shape index (κ3) is 7.43. The van der Waals surface area contributed by atoms with Crippen LogP contribution in [0.4, 0.5) is 0 Å². The molecule has 94 valence electrons. The van der Waals surface area contributed by atoms with Gasteiger partial charge < -0.3 is 14.8 Å². The Morgan fingerprint density at radius 1 is 1.44 bits per heavy atom. The highest BCUT2D eigenvalue weighted by atomic mass is 16.5. The molecule has 0 unspecified atom stereocenters. The Hall–Kier alpha value is -0.870. The van der Waals surface area contributed by atoms with E-state index >= 15 is 0 Å². The zero-order valence-corrected chi connectivity index (χ0v) is 10.7. The summed E-state index contributed by atoms with van der Waals surface area (Å²) in [5, 5.41) is 3.18. The van der Waals surface area contributed by atoms with Crippen LogP contribution < -0.4 is 5.32 Å². The Morgan fingerprint density at radius 3 is 2.62 bits per heavy atom. The molecule has 0 aromatic carbocycles. The summed E-state index contributed by atoms with van der Waals surface area (Å²) in [7, 11) is 1.40. The molecule has 0 aromatic rings. The minimum Gasteiger partial charge on any atom is -0.466 e. The molecule has 16 heavy (non-hydrogen) atoms. The molecular formula is C12H23NO3. The fourth-order valence-corrected chi connectivity index (χ4v) is 1.17. The highest BCUT2D eigenvalue weighted by molar-refractivity contribution is 5.88. The van der Waals surface area contributed by atoms with Crippen molar-refractivity contribution in [3.05, 3.63) is 11.6 Å². The Morgan fingerprint density at radius 2 is 2.12 bits per heavy atom. The molecule has 0 aliphatic heterocycles. The van der Waals surface area contributed by atoms with Crippen molar-refractivity contribution in [1.29, 1.82) is 0 Å². The van der Waals surface area contributed by atoms with Crippen molar-refractivity contribution in [2.24, 2.45) is 0 Å². The number of nitrogens with one attached hydrogen (secondary N) is 1. The minimum atomic E-state index is -0.247. The molecule has 4 heteroatoms. The van der Waals surface area contributed by atoms with Crippen LogP contribution in [0.5, 0.6) is 0 Å². The molecule has 0 atom stereocenters. The van der Waals surface area contributed by atoms with E-state index < -0.39 is 0 Å². The summed E-state index contributed by atoms with van der Waals surface area (Å²) in [6.07, 6.45) is 2.82. The molecular weight excluding hydrogens is 206 g/mol. The SMILES string of the molecule is CCC(=CCNCCOC(C)C)C(=O)OC. The van der Waals surface area contributed by atoms with E-state index in [9.17, 15) is 4.79 Å². The van der Waals surface area contributed by atoms with Gasteiger partial charge in [0.15, 0.2) is 0 Å². The number of esters is 1. The third-order valence-corrected chi connectivity index (χ3v) is 2.05. The maximum absolute atomic E-state index is 11.2. The van der Waals surface area contributed by atoms with E-state index in [0.29, 0.717) is 25.1 Å². The lowest BCUT2D eigenvalue weighted by Gasteiger charge is -2.07. The van der Waals surface area contributed by atoms with Crippen molar-refractivity contribution in [2.75, 3.05) is 26.8 Å². The Labute approximate surface area is 98.0 Å². The van der Waals surface area contributed by atoms with Gasteiger partial charge in [-0.15, -0.1) is 0 Å². The molecule has 0 radical (unpaired) electrons. The van der Waals surface area contributed by atoms with Crippen LogP contribution in [0.3, 0.4) is 0 Å². The van der Waals surface area contributed by atoms with Gasteiger partial charge in [0.2, 0.25) is 0 Å². The van der Waals surface area contributed by atoms with Crippen molar-refractivity contribution in [2.45, 2.75) is 33.3 Å². The normalized spacial score (nSPS) is 11.9. The second-order valence-corrected chi connectivity index (χ2v) is 3.70. The van der Waals surface area contributed by atoms with Gasteiger partial charge >= 0.3 is 5.97 Å². The summed E-state index contributed by atoms with van der Waals surface area (Å²) in [6, 6.07) is 0. The van der Waals surface area contributed by atoms with E-state index in [-0.39, 0.29) is 12.1 Å². The van der Waals surface area contributed by atoms with Gasteiger partial charge in [0.05, 0.1) is 19.8 Å². The topological polar surface area (TPSA) is 47.6 Å². The van der Waals surface area contributed by atoms with Crippen LogP contribution in [0.15, 0.2) is 11.6 Å². The molecule has 4 nitrogen and oxygen atoms in total. The second kappa shape index (κ2) is 9.36. The molecule has 0 aromatic heterocycles. The molecule has 0 saturated carbocycles. The molecule has 0 aliphatic carbocycles. The lowest BCUT2D eigenvalue weighted by atomic mass is 10.2. The molecule has 0 aliphatic rings. The monoisotopic (exact) mass is 229 g/mol. The van der Waals surface area contributed by atoms with Gasteiger partial charge in [-0.1, -0.05) is 13.0 Å². The van der Waals surface area contributed by atoms with Crippen molar-refractivity contribution in [1.82, 2.24) is 5.32 Å². The van der Waals surface area contributed by atoms with E-state index in [1.165, 1.54) is 7.11 Å². The first-order valence-electron chi connectivity index (χ1n) is 5.71. The van der Waals surface area contributed by atoms with E-state index in [0.717, 1.165) is 6.54 Å². The van der Waals surface area contributed by atoms with Crippen LogP contribution in [0.2, 0.25) is 0 Å². The van der Waals surface area contributed by atoms with Gasteiger partial charge in [-0.05, 0) is 20.3 Å². The molecule has 0 heterocycles. The van der Waals surface area contributed by atoms with Gasteiger partial charge in [0.25, 0.3) is 0 Å². The highest BCUT2D eigenvalue weighted by Crippen LogP contribution is 2.01. The molecule has 0 fully saturated rings. The van der Waals surface area contributed by atoms with Crippen LogP contribution in [-0.4, -0.2) is 38.9 Å². The van der Waals surface area contributed by atoms with Gasteiger partial charge in [-0.2, -0.15) is 0 Å². The number of methoxy groups -OCH3 is 1. The van der Waals surface area contributed by atoms with Crippen molar-refractivity contribution < 1.29 is 14.3 Å². The largest absolute Gasteiger partial charge is 0.466 e. The predicted octanol–water partition coefficient (Wildman–Crippen LogP) is 1.51. The zero-order chi connectivity index (χ0) is 12.4.